The van der Waals surface area contributed by atoms with Gasteiger partial charge in [0.05, 0.1) is 7.11 Å². The topological polar surface area (TPSA) is 26.3 Å². The number of aryl methyl sites for hydroxylation is 1. The van der Waals surface area contributed by atoms with Gasteiger partial charge in [-0.1, -0.05) is 12.2 Å². The molecule has 2 nitrogen and oxygen atoms in total. The lowest BCUT2D eigenvalue weighted by molar-refractivity contribution is -0.104. The van der Waals surface area contributed by atoms with Gasteiger partial charge in [-0.3, -0.25) is 4.79 Å². The van der Waals surface area contributed by atoms with Gasteiger partial charge < -0.3 is 4.74 Å². The molecule has 18 heavy (non-hydrogen) atoms. The zero-order valence-electron chi connectivity index (χ0n) is 11.7. The molecular weight excluding hydrogens is 224 g/mol. The van der Waals surface area contributed by atoms with E-state index >= 15 is 0 Å². The van der Waals surface area contributed by atoms with Crippen LogP contribution in [0.15, 0.2) is 23.8 Å². The monoisotopic (exact) mass is 244 g/mol. The first-order chi connectivity index (χ1) is 8.51. The highest BCUT2D eigenvalue weighted by atomic mass is 16.5. The smallest absolute Gasteiger partial charge is 0.143 e. The Bertz CT molecular complexity index is 508. The van der Waals surface area contributed by atoms with E-state index in [-0.39, 0.29) is 0 Å². The number of ether oxygens (including phenoxy) is 1. The van der Waals surface area contributed by atoms with Crippen LogP contribution in [0.1, 0.15) is 29.2 Å². The van der Waals surface area contributed by atoms with Gasteiger partial charge >= 0.3 is 0 Å². The number of hydrogen-bond donors (Lipinski definition) is 0. The molecule has 0 saturated heterocycles. The zero-order chi connectivity index (χ0) is 13.7. The molecule has 0 aliphatic rings. The predicted molar refractivity (Wildman–Crippen MR) is 76.1 cm³/mol. The van der Waals surface area contributed by atoms with Crippen LogP contribution < -0.4 is 4.74 Å². The molecule has 1 aromatic carbocycles. The number of allylic oxidation sites excluding steroid dienone is 3. The largest absolute Gasteiger partial charge is 0.496 e. The van der Waals surface area contributed by atoms with Gasteiger partial charge in [0, 0.05) is 0 Å². The molecule has 0 bridgehead atoms. The summed E-state index contributed by atoms with van der Waals surface area (Å²) in [6, 6.07) is 2.04. The van der Waals surface area contributed by atoms with Crippen LogP contribution in [0, 0.1) is 20.8 Å². The van der Waals surface area contributed by atoms with Crippen molar-refractivity contribution in [1.29, 1.82) is 0 Å². The van der Waals surface area contributed by atoms with Crippen LogP contribution in [-0.4, -0.2) is 13.4 Å². The first-order valence-electron chi connectivity index (χ1n) is 5.96. The summed E-state index contributed by atoms with van der Waals surface area (Å²) < 4.78 is 5.34. The van der Waals surface area contributed by atoms with Crippen LogP contribution >= 0.6 is 0 Å². The van der Waals surface area contributed by atoms with Gasteiger partial charge in [-0.2, -0.15) is 0 Å². The van der Waals surface area contributed by atoms with Crippen molar-refractivity contribution < 1.29 is 9.53 Å². The van der Waals surface area contributed by atoms with Gasteiger partial charge in [-0.25, -0.2) is 0 Å². The highest BCUT2D eigenvalue weighted by molar-refractivity contribution is 5.69. The molecule has 0 saturated carbocycles. The minimum Gasteiger partial charge on any atom is -0.496 e. The number of carbonyl (C=O) groups is 1. The molecular formula is C16H20O2. The van der Waals surface area contributed by atoms with E-state index < -0.39 is 0 Å². The van der Waals surface area contributed by atoms with E-state index in [0.29, 0.717) is 0 Å². The second-order valence-electron chi connectivity index (χ2n) is 4.44. The van der Waals surface area contributed by atoms with Crippen molar-refractivity contribution in [3.05, 3.63) is 46.0 Å². The maximum atomic E-state index is 10.4. The first-order valence-corrected chi connectivity index (χ1v) is 5.96. The number of benzene rings is 1. The summed E-state index contributed by atoms with van der Waals surface area (Å²) in [4.78, 5) is 10.4. The Kier molecular flexibility index (Phi) is 4.90. The van der Waals surface area contributed by atoms with Crippen molar-refractivity contribution >= 4 is 12.4 Å². The lowest BCUT2D eigenvalue weighted by atomic mass is 9.96. The summed E-state index contributed by atoms with van der Waals surface area (Å²) in [7, 11) is 1.69. The predicted octanol–water partition coefficient (Wildman–Crippen LogP) is 3.78. The van der Waals surface area contributed by atoms with Crippen LogP contribution in [-0.2, 0) is 4.79 Å². The fourth-order valence-corrected chi connectivity index (χ4v) is 1.91. The number of rotatable bonds is 4. The van der Waals surface area contributed by atoms with Gasteiger partial charge in [-0.05, 0) is 67.7 Å². The normalized spacial score (nSPS) is 11.9. The fourth-order valence-electron chi connectivity index (χ4n) is 1.91. The quantitative estimate of drug-likeness (QED) is 0.458. The average molecular weight is 244 g/mol. The molecule has 0 fully saturated rings. The van der Waals surface area contributed by atoms with E-state index in [1.54, 1.807) is 13.2 Å². The Morgan fingerprint density at radius 2 is 1.89 bits per heavy atom. The molecule has 96 valence electrons. The van der Waals surface area contributed by atoms with Gasteiger partial charge in [0.25, 0.3) is 0 Å². The molecule has 0 N–H and O–H groups in total. The van der Waals surface area contributed by atoms with Gasteiger partial charge in [0.1, 0.15) is 12.0 Å². The molecule has 0 aromatic heterocycles. The Morgan fingerprint density at radius 1 is 1.22 bits per heavy atom. The van der Waals surface area contributed by atoms with E-state index in [2.05, 4.69) is 20.8 Å². The molecule has 0 amide bonds. The van der Waals surface area contributed by atoms with Crippen LogP contribution in [0.25, 0.3) is 6.08 Å². The third kappa shape index (κ3) is 3.10. The maximum absolute atomic E-state index is 10.4. The number of hydrogen-bond acceptors (Lipinski definition) is 2. The van der Waals surface area contributed by atoms with Crippen LogP contribution in [0.4, 0.5) is 0 Å². The van der Waals surface area contributed by atoms with E-state index in [0.717, 1.165) is 23.2 Å². The van der Waals surface area contributed by atoms with Gasteiger partial charge in [0.15, 0.2) is 0 Å². The molecule has 2 heteroatoms. The van der Waals surface area contributed by atoms with Crippen LogP contribution in [0.2, 0.25) is 0 Å². The minimum atomic E-state index is 0.804. The third-order valence-electron chi connectivity index (χ3n) is 3.17. The van der Waals surface area contributed by atoms with E-state index in [9.17, 15) is 4.79 Å². The Hall–Kier alpha value is -1.83. The van der Waals surface area contributed by atoms with Gasteiger partial charge in [0.2, 0.25) is 0 Å². The van der Waals surface area contributed by atoms with Crippen molar-refractivity contribution in [2.75, 3.05) is 7.11 Å². The second kappa shape index (κ2) is 6.20. The summed E-state index contributed by atoms with van der Waals surface area (Å²) >= 11 is 0. The lowest BCUT2D eigenvalue weighted by Gasteiger charge is -2.13. The van der Waals surface area contributed by atoms with Gasteiger partial charge in [-0.15, -0.1) is 0 Å². The minimum absolute atomic E-state index is 0.804. The zero-order valence-corrected chi connectivity index (χ0v) is 11.7. The third-order valence-corrected chi connectivity index (χ3v) is 3.17. The Labute approximate surface area is 109 Å². The molecule has 0 aliphatic carbocycles. The van der Waals surface area contributed by atoms with E-state index in [1.807, 2.05) is 25.1 Å². The molecule has 0 aliphatic heterocycles. The number of aldehydes is 1. The molecule has 1 rings (SSSR count). The van der Waals surface area contributed by atoms with Crippen molar-refractivity contribution in [2.45, 2.75) is 27.7 Å². The standard InChI is InChI=1S/C16H20O2/c1-11(8-9-17)6-7-15-12(2)10-16(18-5)14(4)13(15)3/h6-10H,1-5H3/b7-6+,11-8+. The summed E-state index contributed by atoms with van der Waals surface area (Å²) in [5.74, 6) is 0.919. The van der Waals surface area contributed by atoms with Crippen molar-refractivity contribution in [2.24, 2.45) is 0 Å². The van der Waals surface area contributed by atoms with Crippen LogP contribution in [0.5, 0.6) is 5.75 Å². The molecule has 1 aromatic rings. The summed E-state index contributed by atoms with van der Waals surface area (Å²) in [6.07, 6.45) is 6.36. The Balaban J connectivity index is 3.22. The second-order valence-corrected chi connectivity index (χ2v) is 4.44. The summed E-state index contributed by atoms with van der Waals surface area (Å²) in [5.41, 5.74) is 5.66. The molecule has 0 radical (unpaired) electrons. The highest BCUT2D eigenvalue weighted by Crippen LogP contribution is 2.28. The first kappa shape index (κ1) is 14.2. The van der Waals surface area contributed by atoms with Crippen molar-refractivity contribution in [3.8, 4) is 5.75 Å². The van der Waals surface area contributed by atoms with E-state index in [4.69, 9.17) is 4.74 Å². The molecule has 0 heterocycles. The number of methoxy groups -OCH3 is 1. The number of carbonyl (C=O) groups excluding carboxylic acids is 1. The summed E-state index contributed by atoms with van der Waals surface area (Å²) in [5, 5.41) is 0. The molecule has 0 atom stereocenters. The van der Waals surface area contributed by atoms with E-state index in [1.165, 1.54) is 16.7 Å². The fraction of sp³-hybridized carbons (Fsp3) is 0.312. The lowest BCUT2D eigenvalue weighted by Crippen LogP contribution is -1.95. The average Bonchev–Trinajstić information content (AvgIpc) is 2.34. The highest BCUT2D eigenvalue weighted by Gasteiger charge is 2.08. The summed E-state index contributed by atoms with van der Waals surface area (Å²) in [6.45, 7) is 8.11. The van der Waals surface area contributed by atoms with Crippen molar-refractivity contribution in [3.63, 3.8) is 0 Å². The van der Waals surface area contributed by atoms with Crippen LogP contribution in [0.3, 0.4) is 0 Å². The SMILES string of the molecule is COc1cc(C)c(/C=C/C(C)=C/C=O)c(C)c1C. The Morgan fingerprint density at radius 3 is 2.44 bits per heavy atom. The maximum Gasteiger partial charge on any atom is 0.143 e. The van der Waals surface area contributed by atoms with Crippen molar-refractivity contribution in [1.82, 2.24) is 0 Å². The molecule has 0 unspecified atom stereocenters. The molecule has 0 spiro atoms.